The van der Waals surface area contributed by atoms with E-state index in [1.54, 1.807) is 31.2 Å². The quantitative estimate of drug-likeness (QED) is 0.123. The number of benzene rings is 3. The zero-order valence-corrected chi connectivity index (χ0v) is 25.8. The maximum absolute atomic E-state index is 14.1. The van der Waals surface area contributed by atoms with E-state index in [4.69, 9.17) is 9.47 Å². The van der Waals surface area contributed by atoms with E-state index in [2.05, 4.69) is 27.5 Å². The van der Waals surface area contributed by atoms with E-state index in [0.717, 1.165) is 34.4 Å². The predicted octanol–water partition coefficient (Wildman–Crippen LogP) is 5.49. The lowest BCUT2D eigenvalue weighted by Gasteiger charge is -2.27. The van der Waals surface area contributed by atoms with Gasteiger partial charge in [-0.2, -0.15) is 0 Å². The van der Waals surface area contributed by atoms with Crippen molar-refractivity contribution in [3.8, 4) is 28.3 Å². The van der Waals surface area contributed by atoms with Gasteiger partial charge in [0.1, 0.15) is 5.75 Å². The highest BCUT2D eigenvalue weighted by atomic mass is 16.5. The summed E-state index contributed by atoms with van der Waals surface area (Å²) in [6, 6.07) is 21.1. The van der Waals surface area contributed by atoms with Gasteiger partial charge in [0.05, 0.1) is 18.2 Å². The molecule has 1 aliphatic rings. The molecule has 46 heavy (non-hydrogen) atoms. The summed E-state index contributed by atoms with van der Waals surface area (Å²) in [5.41, 5.74) is 5.43. The molecule has 0 spiro atoms. The molecule has 3 heterocycles. The third-order valence-electron chi connectivity index (χ3n) is 8.01. The summed E-state index contributed by atoms with van der Waals surface area (Å²) in [4.78, 5) is 39.9. The smallest absolute Gasteiger partial charge is 0.340 e. The van der Waals surface area contributed by atoms with Crippen LogP contribution in [0.3, 0.4) is 0 Å². The molecule has 1 N–H and O–H groups in total. The normalized spacial score (nSPS) is 15.4. The van der Waals surface area contributed by atoms with Gasteiger partial charge in [-0.25, -0.2) is 19.4 Å². The van der Waals surface area contributed by atoms with E-state index in [-0.39, 0.29) is 29.5 Å². The number of rotatable bonds is 10. The first-order chi connectivity index (χ1) is 22.4. The number of carbonyl (C=O) groups excluding carboxylic acids is 2. The molecule has 0 aliphatic carbocycles. The van der Waals surface area contributed by atoms with Gasteiger partial charge in [-0.1, -0.05) is 80.1 Å². The van der Waals surface area contributed by atoms with Crippen LogP contribution < -0.4 is 10.3 Å². The van der Waals surface area contributed by atoms with Gasteiger partial charge < -0.3 is 9.47 Å². The van der Waals surface area contributed by atoms with Crippen LogP contribution in [-0.2, 0) is 22.4 Å². The lowest BCUT2D eigenvalue weighted by atomic mass is 9.96. The van der Waals surface area contributed by atoms with Crippen molar-refractivity contribution < 1.29 is 19.1 Å². The molecule has 0 fully saturated rings. The molecule has 0 amide bonds. The Labute approximate surface area is 265 Å². The number of fused-ring (bicyclic) bond motifs is 1. The lowest BCUT2D eigenvalue weighted by Crippen LogP contribution is -2.37. The van der Waals surface area contributed by atoms with Crippen LogP contribution in [0.4, 0.5) is 0 Å². The number of allylic oxidation sites excluding steroid dienone is 1. The summed E-state index contributed by atoms with van der Waals surface area (Å²) in [6.45, 7) is 6.02. The van der Waals surface area contributed by atoms with Gasteiger partial charge in [0.15, 0.2) is 11.9 Å². The molecule has 234 valence electrons. The molecular formula is C35H34N6O5. The average molecular weight is 619 g/mol. The molecule has 0 radical (unpaired) electrons. The highest BCUT2D eigenvalue weighted by Gasteiger charge is 2.33. The Morgan fingerprint density at radius 2 is 1.72 bits per heavy atom. The van der Waals surface area contributed by atoms with E-state index in [0.29, 0.717) is 24.2 Å². The van der Waals surface area contributed by atoms with Crippen molar-refractivity contribution in [1.29, 1.82) is 0 Å². The third-order valence-corrected chi connectivity index (χ3v) is 8.01. The van der Waals surface area contributed by atoms with Crippen LogP contribution >= 0.6 is 0 Å². The lowest BCUT2D eigenvalue weighted by molar-refractivity contribution is -0.137. The zero-order chi connectivity index (χ0) is 32.2. The molecule has 0 saturated heterocycles. The second-order valence-electron chi connectivity index (χ2n) is 11.1. The molecular weight excluding hydrogens is 584 g/mol. The van der Waals surface area contributed by atoms with E-state index >= 15 is 0 Å². The number of ether oxygens (including phenoxy) is 2. The van der Waals surface area contributed by atoms with Crippen molar-refractivity contribution in [3.05, 3.63) is 118 Å². The van der Waals surface area contributed by atoms with Gasteiger partial charge in [0.2, 0.25) is 0 Å². The van der Waals surface area contributed by atoms with Crippen molar-refractivity contribution in [2.45, 2.75) is 52.1 Å². The van der Waals surface area contributed by atoms with Gasteiger partial charge in [0.25, 0.3) is 5.56 Å². The standard InChI is InChI=1S/C35H34N6O5/c1-4-9-30-29(20-23-15-17-24(18-16-23)27-12-6-7-13-28(27)32-36-38-39-37-32)33(42)41-31(19-14-22(3)40(30)41)35(44)46-26-11-8-10-25(21-26)34(43)45-5-2/h6-8,10-19,21-22,31H,4-5,9,20H2,1-3H3,(H,36,37,38,39). The van der Waals surface area contributed by atoms with Gasteiger partial charge in [-0.15, -0.1) is 5.10 Å². The Bertz CT molecular complexity index is 1960. The molecule has 5 aromatic rings. The maximum atomic E-state index is 14.1. The molecule has 2 unspecified atom stereocenters. The Kier molecular flexibility index (Phi) is 8.73. The van der Waals surface area contributed by atoms with E-state index in [1.807, 2.05) is 66.2 Å². The summed E-state index contributed by atoms with van der Waals surface area (Å²) < 4.78 is 14.2. The number of nitrogens with zero attached hydrogens (tertiary/aromatic N) is 5. The Balaban J connectivity index is 1.30. The zero-order valence-electron chi connectivity index (χ0n) is 25.8. The van der Waals surface area contributed by atoms with Crippen molar-refractivity contribution in [2.75, 3.05) is 6.61 Å². The number of tetrazole rings is 1. The predicted molar refractivity (Wildman–Crippen MR) is 171 cm³/mol. The van der Waals surface area contributed by atoms with Crippen LogP contribution in [0.25, 0.3) is 22.5 Å². The minimum Gasteiger partial charge on any atom is -0.462 e. The Morgan fingerprint density at radius 3 is 2.43 bits per heavy atom. The summed E-state index contributed by atoms with van der Waals surface area (Å²) in [5, 5.41) is 14.3. The minimum atomic E-state index is -0.969. The fraction of sp³-hybridized carbons (Fsp3) is 0.257. The second kappa shape index (κ2) is 13.2. The van der Waals surface area contributed by atoms with E-state index in [9.17, 15) is 14.4 Å². The van der Waals surface area contributed by atoms with Crippen molar-refractivity contribution >= 4 is 11.9 Å². The highest BCUT2D eigenvalue weighted by molar-refractivity contribution is 5.90. The number of carbonyl (C=O) groups is 2. The van der Waals surface area contributed by atoms with Crippen molar-refractivity contribution in [3.63, 3.8) is 0 Å². The number of hydrogen-bond donors (Lipinski definition) is 1. The summed E-state index contributed by atoms with van der Waals surface area (Å²) in [7, 11) is 0. The first-order valence-electron chi connectivity index (χ1n) is 15.3. The average Bonchev–Trinajstić information content (AvgIpc) is 3.70. The number of nitrogens with one attached hydrogen (secondary N) is 1. The van der Waals surface area contributed by atoms with Crippen LogP contribution in [0.5, 0.6) is 5.75 Å². The molecule has 11 nitrogen and oxygen atoms in total. The molecule has 3 aromatic carbocycles. The SMILES string of the molecule is CCCc1c(Cc2ccc(-c3ccccc3-c3nnn[nH]3)cc2)c(=O)n2n1C(C)C=CC2C(=O)Oc1cccc(C(=O)OCC)c1. The Hall–Kier alpha value is -5.58. The number of H-pyrrole nitrogens is 1. The van der Waals surface area contributed by atoms with Crippen molar-refractivity contribution in [2.24, 2.45) is 0 Å². The topological polar surface area (TPSA) is 134 Å². The van der Waals surface area contributed by atoms with Crippen molar-refractivity contribution in [1.82, 2.24) is 30.0 Å². The van der Waals surface area contributed by atoms with Crippen LogP contribution in [-0.4, -0.2) is 48.5 Å². The highest BCUT2D eigenvalue weighted by Crippen LogP contribution is 2.31. The maximum Gasteiger partial charge on any atom is 0.340 e. The summed E-state index contributed by atoms with van der Waals surface area (Å²) >= 11 is 0. The van der Waals surface area contributed by atoms with Crippen LogP contribution in [0.2, 0.25) is 0 Å². The largest absolute Gasteiger partial charge is 0.462 e. The van der Waals surface area contributed by atoms with Crippen LogP contribution in [0, 0.1) is 0 Å². The summed E-state index contributed by atoms with van der Waals surface area (Å²) in [5.74, 6) is -0.345. The van der Waals surface area contributed by atoms with Gasteiger partial charge >= 0.3 is 11.9 Å². The van der Waals surface area contributed by atoms with E-state index < -0.39 is 18.0 Å². The molecule has 0 saturated carbocycles. The van der Waals surface area contributed by atoms with E-state index in [1.165, 1.54) is 10.7 Å². The molecule has 6 rings (SSSR count). The number of hydrogen-bond acceptors (Lipinski definition) is 8. The van der Waals surface area contributed by atoms with Crippen LogP contribution in [0.1, 0.15) is 66.5 Å². The number of aromatic amines is 1. The fourth-order valence-electron chi connectivity index (χ4n) is 5.92. The summed E-state index contributed by atoms with van der Waals surface area (Å²) in [6.07, 6.45) is 5.54. The molecule has 2 atom stereocenters. The van der Waals surface area contributed by atoms with Crippen LogP contribution in [0.15, 0.2) is 89.7 Å². The minimum absolute atomic E-state index is 0.136. The second-order valence-corrected chi connectivity index (χ2v) is 11.1. The van der Waals surface area contributed by atoms with Gasteiger partial charge in [-0.3, -0.25) is 9.48 Å². The van der Waals surface area contributed by atoms with Gasteiger partial charge in [-0.05, 0) is 65.6 Å². The molecule has 11 heteroatoms. The molecule has 2 aromatic heterocycles. The monoisotopic (exact) mass is 618 g/mol. The third kappa shape index (κ3) is 5.91. The number of aromatic nitrogens is 6. The number of esters is 2. The Morgan fingerprint density at radius 1 is 0.935 bits per heavy atom. The molecule has 1 aliphatic heterocycles. The first-order valence-corrected chi connectivity index (χ1v) is 15.3. The fourth-order valence-corrected chi connectivity index (χ4v) is 5.92. The molecule has 0 bridgehead atoms. The first kappa shape index (κ1) is 30.4. The van der Waals surface area contributed by atoms with Gasteiger partial charge in [0, 0.05) is 23.2 Å².